The Kier molecular flexibility index (Phi) is 12.2. The molecule has 0 amide bonds. The normalized spacial score (nSPS) is 11.7. The van der Waals surface area contributed by atoms with Crippen molar-refractivity contribution in [3.05, 3.63) is 65.0 Å². The molecule has 0 fully saturated rings. The Bertz CT molecular complexity index is 1240. The Morgan fingerprint density at radius 3 is 2.53 bits per heavy atom. The summed E-state index contributed by atoms with van der Waals surface area (Å²) >= 11 is 0. The summed E-state index contributed by atoms with van der Waals surface area (Å²) in [5, 5.41) is 17.6. The third kappa shape index (κ3) is 7.83. The first-order valence-corrected chi connectivity index (χ1v) is 10.5. The minimum Gasteiger partial charge on any atom is -0.383 e. The van der Waals surface area contributed by atoms with E-state index in [1.165, 1.54) is 6.07 Å². The van der Waals surface area contributed by atoms with Crippen molar-refractivity contribution in [2.75, 3.05) is 18.6 Å². The van der Waals surface area contributed by atoms with Crippen molar-refractivity contribution < 1.29 is 9.18 Å². The van der Waals surface area contributed by atoms with Gasteiger partial charge in [-0.15, -0.1) is 0 Å². The molecule has 0 atom stereocenters. The van der Waals surface area contributed by atoms with E-state index in [-0.39, 0.29) is 40.7 Å². The number of hydrogen-bond acceptors (Lipinski definition) is 9. The Hall–Kier alpha value is -4.94. The van der Waals surface area contributed by atoms with E-state index in [0.717, 1.165) is 18.2 Å². The van der Waals surface area contributed by atoms with Crippen molar-refractivity contribution >= 4 is 36.0 Å². The number of carbonyl (C=O) groups excluding carboxylic acids is 1. The third-order valence-corrected chi connectivity index (χ3v) is 4.60. The first kappa shape index (κ1) is 29.1. The Labute approximate surface area is 208 Å². The third-order valence-electron chi connectivity index (χ3n) is 4.60. The van der Waals surface area contributed by atoms with Crippen molar-refractivity contribution in [2.45, 2.75) is 19.8 Å². The highest BCUT2D eigenvalue weighted by molar-refractivity contribution is 6.01. The largest absolute Gasteiger partial charge is 0.383 e. The number of aliphatic imine (C=N–C) groups is 3. The minimum atomic E-state index is -0.635. The maximum absolute atomic E-state index is 14.2. The number of nitriles is 2. The van der Waals surface area contributed by atoms with E-state index >= 15 is 0 Å². The van der Waals surface area contributed by atoms with Gasteiger partial charge in [-0.1, -0.05) is 6.92 Å². The second-order valence-electron chi connectivity index (χ2n) is 6.89. The smallest absolute Gasteiger partial charge is 0.153 e. The molecule has 36 heavy (non-hydrogen) atoms. The van der Waals surface area contributed by atoms with E-state index < -0.39 is 5.82 Å². The number of aldehydes is 1. The number of nitrogens with zero attached hydrogens (tertiary/aromatic N) is 7. The van der Waals surface area contributed by atoms with E-state index in [9.17, 15) is 9.18 Å². The summed E-state index contributed by atoms with van der Waals surface area (Å²) in [5.41, 5.74) is 16.5. The molecule has 0 unspecified atom stereocenters. The highest BCUT2D eigenvalue weighted by atomic mass is 19.1. The summed E-state index contributed by atoms with van der Waals surface area (Å²) in [4.78, 5) is 28.5. The number of halogens is 1. The number of nitrogens with two attached hydrogens (primary N) is 3. The summed E-state index contributed by atoms with van der Waals surface area (Å²) in [6.45, 7) is 5.13. The molecule has 2 rings (SSSR count). The molecule has 12 heteroatoms. The monoisotopic (exact) mass is 490 g/mol. The predicted octanol–water partition coefficient (Wildman–Crippen LogP) is 2.53. The molecule has 2 aromatic rings. The summed E-state index contributed by atoms with van der Waals surface area (Å²) in [7, 11) is 1.80. The van der Waals surface area contributed by atoms with Crippen LogP contribution in [0.2, 0.25) is 0 Å². The number of anilines is 1. The van der Waals surface area contributed by atoms with Gasteiger partial charge < -0.3 is 22.1 Å². The van der Waals surface area contributed by atoms with Crippen molar-refractivity contribution in [3.63, 3.8) is 0 Å². The number of carbonyl (C=O) groups is 1. The Morgan fingerprint density at radius 2 is 2.03 bits per heavy atom. The molecule has 0 saturated heterocycles. The number of hydrogen-bond donors (Lipinski definition) is 3. The first-order valence-electron chi connectivity index (χ1n) is 10.5. The van der Waals surface area contributed by atoms with Gasteiger partial charge in [-0.05, 0) is 37.4 Å². The Morgan fingerprint density at radius 1 is 1.31 bits per heavy atom. The predicted molar refractivity (Wildman–Crippen MR) is 138 cm³/mol. The molecule has 6 N–H and O–H groups in total. The van der Waals surface area contributed by atoms with E-state index in [1.54, 1.807) is 36.5 Å². The van der Waals surface area contributed by atoms with E-state index in [1.807, 2.05) is 19.1 Å². The molecule has 0 aliphatic carbocycles. The zero-order valence-corrected chi connectivity index (χ0v) is 20.0. The van der Waals surface area contributed by atoms with E-state index in [2.05, 4.69) is 26.7 Å². The van der Waals surface area contributed by atoms with Crippen LogP contribution < -0.4 is 22.1 Å². The van der Waals surface area contributed by atoms with Crippen LogP contribution in [-0.2, 0) is 0 Å². The van der Waals surface area contributed by atoms with Crippen LogP contribution >= 0.6 is 0 Å². The molecule has 0 aliphatic heterocycles. The van der Waals surface area contributed by atoms with Gasteiger partial charge in [0.25, 0.3) is 0 Å². The summed E-state index contributed by atoms with van der Waals surface area (Å²) in [6, 6.07) is 9.72. The zero-order chi connectivity index (χ0) is 27.1. The molecule has 0 bridgehead atoms. The fraction of sp³-hybridized carbons (Fsp3) is 0.208. The second kappa shape index (κ2) is 15.1. The lowest BCUT2D eigenvalue weighted by atomic mass is 10.1. The van der Waals surface area contributed by atoms with Gasteiger partial charge in [0, 0.05) is 19.7 Å². The quantitative estimate of drug-likeness (QED) is 0.217. The molecule has 0 aliphatic rings. The van der Waals surface area contributed by atoms with Crippen molar-refractivity contribution in [3.8, 4) is 12.1 Å². The highest BCUT2D eigenvalue weighted by Gasteiger charge is 2.16. The van der Waals surface area contributed by atoms with Gasteiger partial charge in [0.15, 0.2) is 6.29 Å². The van der Waals surface area contributed by atoms with Gasteiger partial charge in [0.05, 0.1) is 35.7 Å². The second-order valence-corrected chi connectivity index (χ2v) is 6.89. The number of pyridine rings is 1. The van der Waals surface area contributed by atoms with Crippen LogP contribution in [0.15, 0.2) is 63.0 Å². The highest BCUT2D eigenvalue weighted by Crippen LogP contribution is 2.27. The maximum Gasteiger partial charge on any atom is 0.153 e. The maximum atomic E-state index is 14.2. The van der Waals surface area contributed by atoms with Gasteiger partial charge in [0.2, 0.25) is 0 Å². The molecule has 1 aromatic carbocycles. The summed E-state index contributed by atoms with van der Waals surface area (Å²) in [6.07, 6.45) is 5.18. The molecule has 1 heterocycles. The van der Waals surface area contributed by atoms with Gasteiger partial charge in [-0.2, -0.15) is 10.5 Å². The van der Waals surface area contributed by atoms with Crippen LogP contribution in [0, 0.1) is 28.5 Å². The van der Waals surface area contributed by atoms with Gasteiger partial charge in [0.1, 0.15) is 40.6 Å². The molecule has 0 radical (unpaired) electrons. The molecular weight excluding hydrogens is 463 g/mol. The van der Waals surface area contributed by atoms with E-state index in [0.29, 0.717) is 18.5 Å². The number of benzene rings is 1. The Balaban J connectivity index is 0.000000457. The average molecular weight is 491 g/mol. The fourth-order valence-corrected chi connectivity index (χ4v) is 2.77. The van der Waals surface area contributed by atoms with Crippen LogP contribution in [0.5, 0.6) is 0 Å². The molecule has 0 saturated carbocycles. The fourth-order valence-electron chi connectivity index (χ4n) is 2.77. The van der Waals surface area contributed by atoms with Crippen LogP contribution in [0.3, 0.4) is 0 Å². The molecule has 186 valence electrons. The van der Waals surface area contributed by atoms with Gasteiger partial charge in [-0.25, -0.2) is 14.4 Å². The summed E-state index contributed by atoms with van der Waals surface area (Å²) in [5.74, 6) is -0.121. The van der Waals surface area contributed by atoms with Crippen molar-refractivity contribution in [2.24, 2.45) is 32.2 Å². The lowest BCUT2D eigenvalue weighted by Gasteiger charge is -2.21. The average Bonchev–Trinajstić information content (AvgIpc) is 2.90. The lowest BCUT2D eigenvalue weighted by molar-refractivity contribution is 0.112. The lowest BCUT2D eigenvalue weighted by Crippen LogP contribution is -2.26. The van der Waals surface area contributed by atoms with Gasteiger partial charge >= 0.3 is 0 Å². The molecule has 0 spiro atoms. The van der Waals surface area contributed by atoms with Crippen LogP contribution in [0.4, 0.5) is 15.8 Å². The van der Waals surface area contributed by atoms with Crippen LogP contribution in [0.25, 0.3) is 0 Å². The zero-order valence-electron chi connectivity index (χ0n) is 20.0. The standard InChI is InChI=1S/C18H17FN4O.C6H10N6/c1-3-5-17(23(2)14-6-4-9-21-11-14)22-18-15(12-24)13(10-20)7-8-16(18)19;1-11-5(9)4(2-7)6(10)12-3-8/h4,6-9,11-12H,3,5H2,1-2H3;1,3,8-9H2,(H2,10,12)/b;5-4-. The van der Waals surface area contributed by atoms with Crippen LogP contribution in [-0.4, -0.2) is 43.4 Å². The minimum absolute atomic E-state index is 0.00142. The molecular formula is C24H27FN10O. The summed E-state index contributed by atoms with van der Waals surface area (Å²) < 4.78 is 14.2. The first-order chi connectivity index (χ1) is 17.3. The number of aromatic nitrogens is 1. The van der Waals surface area contributed by atoms with Crippen molar-refractivity contribution in [1.82, 2.24) is 4.98 Å². The number of amidine groups is 2. The topological polar surface area (TPSA) is 196 Å². The van der Waals surface area contributed by atoms with Gasteiger partial charge in [-0.3, -0.25) is 14.8 Å². The molecule has 11 nitrogen and oxygen atoms in total. The van der Waals surface area contributed by atoms with Crippen molar-refractivity contribution in [1.29, 1.82) is 10.5 Å². The molecule has 1 aromatic heterocycles. The SMILES string of the molecule is C=N/C(N)=C(C#N)\C(N)=N/CN.CCCC(=Nc1c(F)ccc(C#N)c1C=O)N(C)c1cccnc1. The van der Waals surface area contributed by atoms with Crippen LogP contribution in [0.1, 0.15) is 35.7 Å². The number of rotatable bonds is 8. The van der Waals surface area contributed by atoms with E-state index in [4.69, 9.17) is 27.7 Å².